The van der Waals surface area contributed by atoms with Crippen LogP contribution in [0.4, 0.5) is 5.95 Å². The van der Waals surface area contributed by atoms with Crippen LogP contribution in [0.2, 0.25) is 0 Å². The third-order valence-corrected chi connectivity index (χ3v) is 0.423. The molecule has 0 bridgehead atoms. The molecule has 0 unspecified atom stereocenters. The van der Waals surface area contributed by atoms with E-state index in [1.807, 2.05) is 0 Å². The van der Waals surface area contributed by atoms with Gasteiger partial charge in [-0.15, -0.1) is 0 Å². The zero-order chi connectivity index (χ0) is 6.15. The van der Waals surface area contributed by atoms with E-state index < -0.39 is 0 Å². The Morgan fingerprint density at radius 3 is 3.17 bits per heavy atom. The Balaban J connectivity index is 3.14. The van der Waals surface area contributed by atoms with Crippen molar-refractivity contribution in [2.24, 2.45) is 0 Å². The second-order valence-corrected chi connectivity index (χ2v) is 0.859. The van der Waals surface area contributed by atoms with Crippen molar-refractivity contribution in [1.82, 2.24) is 9.97 Å². The van der Waals surface area contributed by atoms with Gasteiger partial charge in [0.1, 0.15) is 0 Å². The molecule has 1 aromatic heterocycles. The molecule has 0 amide bonds. The summed E-state index contributed by atoms with van der Waals surface area (Å²) in [6.45, 7) is 0. The largest absolute Gasteiger partial charge is 0.369 e. The fourth-order valence-electron chi connectivity index (χ4n) is 0.208. The first-order valence-electron chi connectivity index (χ1n) is 2.49. The van der Waals surface area contributed by atoms with Gasteiger partial charge in [-0.3, -0.25) is 0 Å². The van der Waals surface area contributed by atoms with Crippen molar-refractivity contribution in [1.29, 1.82) is 0 Å². The Morgan fingerprint density at radius 2 is 3.00 bits per heavy atom. The van der Waals surface area contributed by atoms with Crippen molar-refractivity contribution >= 4 is 5.95 Å². The van der Waals surface area contributed by atoms with Crippen LogP contribution in [0.15, 0.2) is 12.3 Å². The molecule has 0 saturated carbocycles. The van der Waals surface area contributed by atoms with E-state index in [1.165, 1.54) is 0 Å². The van der Waals surface area contributed by atoms with Crippen LogP contribution in [0, 0.1) is 0 Å². The van der Waals surface area contributed by atoms with Gasteiger partial charge in [0.05, 0.1) is 2.74 Å². The van der Waals surface area contributed by atoms with Gasteiger partial charge in [0.15, 0.2) is 5.95 Å². The summed E-state index contributed by atoms with van der Waals surface area (Å²) in [5.41, 5.74) is 5.07. The van der Waals surface area contributed by atoms with Gasteiger partial charge in [0.2, 0.25) is 0 Å². The summed E-state index contributed by atoms with van der Waals surface area (Å²) in [6, 6.07) is 0. The van der Waals surface area contributed by atoms with Crippen molar-refractivity contribution in [3.63, 3.8) is 0 Å². The molecule has 1 rings (SSSR count). The fourth-order valence-corrected chi connectivity index (χ4v) is 0.208. The zero-order valence-corrected chi connectivity index (χ0v) is 3.02. The number of nitrogens with two attached hydrogens (primary N) is 1. The highest BCUT2D eigenvalue weighted by Gasteiger charge is 1.74. The van der Waals surface area contributed by atoms with E-state index in [1.54, 1.807) is 0 Å². The third kappa shape index (κ3) is 0.337. The topological polar surface area (TPSA) is 54.7 Å². The summed E-state index contributed by atoms with van der Waals surface area (Å²) in [5, 5.41) is 0. The Kier molecular flexibility index (Phi) is 0.275. The average molecular weight is 85.1 g/mol. The van der Waals surface area contributed by atoms with Gasteiger partial charge >= 0.3 is 0 Å². The Hall–Kier alpha value is -0.990. The van der Waals surface area contributed by atoms with E-state index in [-0.39, 0.29) is 18.3 Å². The summed E-state index contributed by atoms with van der Waals surface area (Å²) >= 11 is 0. The van der Waals surface area contributed by atoms with Crippen LogP contribution in [0.5, 0.6) is 0 Å². The molecule has 0 aliphatic heterocycles. The smallest absolute Gasteiger partial charge is 0.197 e. The minimum Gasteiger partial charge on any atom is -0.369 e. The number of hydrogen-bond acceptors (Lipinski definition) is 2. The molecular formula is C3H5N3. The van der Waals surface area contributed by atoms with Crippen LogP contribution >= 0.6 is 0 Å². The van der Waals surface area contributed by atoms with Crippen LogP contribution in [0.1, 0.15) is 2.74 Å². The Labute approximate surface area is 38.0 Å². The van der Waals surface area contributed by atoms with Gasteiger partial charge in [-0.25, -0.2) is 4.98 Å². The third-order valence-electron chi connectivity index (χ3n) is 0.423. The predicted molar refractivity (Wildman–Crippen MR) is 23.0 cm³/mol. The maximum atomic E-state index is 6.85. The fraction of sp³-hybridized carbons (Fsp3) is 0. The normalized spacial score (nSPS) is 13.3. The van der Waals surface area contributed by atoms with Crippen LogP contribution < -0.4 is 5.73 Å². The second kappa shape index (κ2) is 1.01. The first kappa shape index (κ1) is 1.64. The molecule has 6 heavy (non-hydrogen) atoms. The number of H-pyrrole nitrogens is 1. The number of nitrogen functional groups attached to an aromatic ring is 1. The molecule has 3 nitrogen and oxygen atoms in total. The Bertz CT molecular complexity index is 175. The number of imidazole rings is 1. The maximum absolute atomic E-state index is 6.85. The molecule has 1 heterocycles. The SMILES string of the molecule is [2H]c1nc(N)[nH]c1[2H]. The highest BCUT2D eigenvalue weighted by Crippen LogP contribution is 1.81. The van der Waals surface area contributed by atoms with Crippen molar-refractivity contribution in [2.75, 3.05) is 5.73 Å². The Morgan fingerprint density at radius 1 is 2.17 bits per heavy atom. The maximum Gasteiger partial charge on any atom is 0.197 e. The predicted octanol–water partition coefficient (Wildman–Crippen LogP) is -0.00810. The van der Waals surface area contributed by atoms with E-state index in [2.05, 4.69) is 9.97 Å². The van der Waals surface area contributed by atoms with Crippen LogP contribution in [-0.4, -0.2) is 9.97 Å². The van der Waals surface area contributed by atoms with E-state index in [0.717, 1.165) is 0 Å². The lowest BCUT2D eigenvalue weighted by Crippen LogP contribution is -1.83. The molecule has 0 aliphatic carbocycles. The second-order valence-electron chi connectivity index (χ2n) is 0.859. The van der Waals surface area contributed by atoms with Crippen molar-refractivity contribution in [3.8, 4) is 0 Å². The minimum absolute atomic E-state index is 0.0394. The molecule has 1 aromatic rings. The molecule has 0 aromatic carbocycles. The van der Waals surface area contributed by atoms with Crippen LogP contribution in [0.3, 0.4) is 0 Å². The number of nitrogens with zero attached hydrogens (tertiary/aromatic N) is 1. The van der Waals surface area contributed by atoms with E-state index in [0.29, 0.717) is 0 Å². The van der Waals surface area contributed by atoms with Crippen LogP contribution in [0.25, 0.3) is 0 Å². The van der Waals surface area contributed by atoms with Gasteiger partial charge in [0, 0.05) is 12.3 Å². The van der Waals surface area contributed by atoms with Gasteiger partial charge < -0.3 is 10.7 Å². The summed E-state index contributed by atoms with van der Waals surface area (Å²) in [6.07, 6.45) is -0.148. The standard InChI is InChI=1S/C3H5N3/c4-3-5-1-2-6-3/h1-2H,(H3,4,5,6)/i1D,2D. The summed E-state index contributed by atoms with van der Waals surface area (Å²) in [5.74, 6) is 0.125. The van der Waals surface area contributed by atoms with E-state index >= 15 is 0 Å². The van der Waals surface area contributed by atoms with Gasteiger partial charge in [-0.1, -0.05) is 0 Å². The molecule has 0 saturated heterocycles. The van der Waals surface area contributed by atoms with Gasteiger partial charge in [0.25, 0.3) is 0 Å². The molecule has 0 radical (unpaired) electrons. The number of aromatic amines is 1. The highest BCUT2D eigenvalue weighted by atomic mass is 15.0. The lowest BCUT2D eigenvalue weighted by atomic mass is 11.0. The van der Waals surface area contributed by atoms with E-state index in [4.69, 9.17) is 8.48 Å². The van der Waals surface area contributed by atoms with Crippen LogP contribution in [-0.2, 0) is 0 Å². The number of anilines is 1. The lowest BCUT2D eigenvalue weighted by molar-refractivity contribution is 1.33. The van der Waals surface area contributed by atoms with Crippen molar-refractivity contribution < 1.29 is 2.74 Å². The van der Waals surface area contributed by atoms with Crippen molar-refractivity contribution in [3.05, 3.63) is 12.3 Å². The lowest BCUT2D eigenvalue weighted by Gasteiger charge is -1.70. The molecule has 3 N–H and O–H groups in total. The number of rotatable bonds is 0. The summed E-state index contributed by atoms with van der Waals surface area (Å²) < 4.78 is 13.7. The first-order chi connectivity index (χ1) is 3.70. The molecule has 3 heteroatoms. The highest BCUT2D eigenvalue weighted by molar-refractivity contribution is 5.11. The van der Waals surface area contributed by atoms with Gasteiger partial charge in [-0.2, -0.15) is 0 Å². The molecule has 0 fully saturated rings. The molecule has 0 spiro atoms. The quantitative estimate of drug-likeness (QED) is 0.465. The van der Waals surface area contributed by atoms with E-state index in [9.17, 15) is 0 Å². The monoisotopic (exact) mass is 85.1 g/mol. The van der Waals surface area contributed by atoms with Crippen molar-refractivity contribution in [2.45, 2.75) is 0 Å². The van der Waals surface area contributed by atoms with Gasteiger partial charge in [-0.05, 0) is 0 Å². The average Bonchev–Trinajstić information content (AvgIpc) is 1.85. The molecule has 32 valence electrons. The number of nitrogens with one attached hydrogen (secondary N) is 1. The summed E-state index contributed by atoms with van der Waals surface area (Å²) in [4.78, 5) is 5.77. The first-order valence-corrected chi connectivity index (χ1v) is 1.49. The number of hydrogen-bond donors (Lipinski definition) is 2. The zero-order valence-electron chi connectivity index (χ0n) is 5.02. The minimum atomic E-state index is -0.109. The molecule has 0 aliphatic rings. The molecule has 0 atom stereocenters. The number of aromatic nitrogens is 2. The summed E-state index contributed by atoms with van der Waals surface area (Å²) in [7, 11) is 0. The molecular weight excluding hydrogens is 78.1 g/mol.